The summed E-state index contributed by atoms with van der Waals surface area (Å²) in [5.41, 5.74) is 0.0624. The second kappa shape index (κ2) is 5.78. The van der Waals surface area contributed by atoms with Gasteiger partial charge in [0.15, 0.2) is 12.2 Å². The number of rotatable bonds is 3. The van der Waals surface area contributed by atoms with Crippen LogP contribution in [0.2, 0.25) is 0 Å². The van der Waals surface area contributed by atoms with Gasteiger partial charge in [0.25, 0.3) is 6.33 Å². The molecule has 0 radical (unpaired) electrons. The van der Waals surface area contributed by atoms with Crippen molar-refractivity contribution in [3.8, 4) is 0 Å². The zero-order valence-electron chi connectivity index (χ0n) is 13.1. The molecule has 0 saturated carbocycles. The van der Waals surface area contributed by atoms with Gasteiger partial charge in [-0.2, -0.15) is 0 Å². The summed E-state index contributed by atoms with van der Waals surface area (Å²) < 4.78 is 12.8. The van der Waals surface area contributed by atoms with E-state index in [0.717, 1.165) is 0 Å². The van der Waals surface area contributed by atoms with E-state index >= 15 is 0 Å². The van der Waals surface area contributed by atoms with Gasteiger partial charge in [-0.15, -0.1) is 4.57 Å². The molecule has 1 aromatic rings. The monoisotopic (exact) mass is 310 g/mol. The third kappa shape index (κ3) is 3.63. The Hall–Kier alpha value is -2.38. The maximum atomic E-state index is 12.0. The van der Waals surface area contributed by atoms with Crippen molar-refractivity contribution in [3.63, 3.8) is 0 Å². The lowest BCUT2D eigenvalue weighted by atomic mass is 10.1. The Bertz CT molecular complexity index is 614. The number of amides is 1. The molecular weight excluding hydrogens is 290 g/mol. The van der Waals surface area contributed by atoms with Gasteiger partial charge in [-0.3, -0.25) is 0 Å². The first kappa shape index (κ1) is 16.0. The largest absolute Gasteiger partial charge is 0.467 e. The Kier molecular flexibility index (Phi) is 4.20. The summed E-state index contributed by atoms with van der Waals surface area (Å²) in [7, 11) is 1.27. The summed E-state index contributed by atoms with van der Waals surface area (Å²) in [4.78, 5) is 35.3. The fraction of sp³-hybridized carbons (Fsp3) is 0.571. The Labute approximate surface area is 128 Å². The number of ether oxygens (including phenoxy) is 2. The highest BCUT2D eigenvalue weighted by Crippen LogP contribution is 2.10. The van der Waals surface area contributed by atoms with Gasteiger partial charge >= 0.3 is 18.0 Å². The van der Waals surface area contributed by atoms with Gasteiger partial charge in [-0.1, -0.05) is 0 Å². The van der Waals surface area contributed by atoms with Crippen molar-refractivity contribution in [1.29, 1.82) is 0 Å². The first-order chi connectivity index (χ1) is 10.2. The van der Waals surface area contributed by atoms with E-state index in [0.29, 0.717) is 12.1 Å². The lowest BCUT2D eigenvalue weighted by Crippen LogP contribution is -2.49. The number of methoxy groups -OCH3 is 1. The summed E-state index contributed by atoms with van der Waals surface area (Å²) in [6.45, 7) is 5.35. The van der Waals surface area contributed by atoms with Crippen molar-refractivity contribution in [2.75, 3.05) is 7.11 Å². The summed E-state index contributed by atoms with van der Waals surface area (Å²) in [6, 6.07) is -1.14. The van der Waals surface area contributed by atoms with Crippen LogP contribution >= 0.6 is 0 Å². The minimum absolute atomic E-state index is 0.00651. The number of nitrogens with one attached hydrogen (secondary N) is 1. The van der Waals surface area contributed by atoms with Crippen LogP contribution in [-0.4, -0.2) is 41.3 Å². The van der Waals surface area contributed by atoms with Crippen molar-refractivity contribution in [3.05, 3.63) is 18.2 Å². The van der Waals surface area contributed by atoms with Crippen LogP contribution in [0.25, 0.3) is 0 Å². The van der Waals surface area contributed by atoms with E-state index in [1.165, 1.54) is 18.0 Å². The minimum atomic E-state index is -0.713. The number of nitrogens with zero attached hydrogens (tertiary/aromatic N) is 2. The highest BCUT2D eigenvalue weighted by atomic mass is 16.6. The lowest BCUT2D eigenvalue weighted by molar-refractivity contribution is -0.685. The van der Waals surface area contributed by atoms with E-state index < -0.39 is 29.6 Å². The zero-order chi connectivity index (χ0) is 16.5. The SMILES string of the molecule is COC(=O)[C@H]1Cc2c[n+](CC(=O)OC(C)(C)C)cn2C(=O)N1. The van der Waals surface area contributed by atoms with E-state index in [2.05, 4.69) is 10.1 Å². The predicted molar refractivity (Wildman–Crippen MR) is 73.9 cm³/mol. The van der Waals surface area contributed by atoms with Gasteiger partial charge in [0.05, 0.1) is 7.11 Å². The molecular formula is C14H20N3O5+. The average Bonchev–Trinajstić information content (AvgIpc) is 2.78. The van der Waals surface area contributed by atoms with Crippen LogP contribution in [-0.2, 0) is 32.0 Å². The molecule has 0 aromatic carbocycles. The molecule has 8 nitrogen and oxygen atoms in total. The molecule has 1 atom stereocenters. The van der Waals surface area contributed by atoms with E-state index in [9.17, 15) is 14.4 Å². The summed E-state index contributed by atoms with van der Waals surface area (Å²) >= 11 is 0. The van der Waals surface area contributed by atoms with Crippen molar-refractivity contribution in [2.24, 2.45) is 0 Å². The van der Waals surface area contributed by atoms with E-state index in [1.54, 1.807) is 31.5 Å². The number of esters is 2. The molecule has 0 aliphatic carbocycles. The number of hydrogen-bond acceptors (Lipinski definition) is 5. The molecule has 0 saturated heterocycles. The highest BCUT2D eigenvalue weighted by molar-refractivity contribution is 5.86. The number of carbonyl (C=O) groups excluding carboxylic acids is 3. The molecule has 1 aromatic heterocycles. The van der Waals surface area contributed by atoms with Crippen molar-refractivity contribution >= 4 is 18.0 Å². The van der Waals surface area contributed by atoms with Gasteiger partial charge in [-0.25, -0.2) is 19.0 Å². The standard InChI is InChI=1S/C14H19N3O5/c1-14(2,3)22-11(18)7-16-6-9-5-10(12(19)21-4)15-13(20)17(9)8-16/h6,8,10H,5,7H2,1-4H3/p+1/t10-/m1/s1. The van der Waals surface area contributed by atoms with Crippen LogP contribution in [0.4, 0.5) is 4.79 Å². The number of hydrogen-bond donors (Lipinski definition) is 1. The van der Waals surface area contributed by atoms with Crippen LogP contribution in [0.1, 0.15) is 26.5 Å². The summed E-state index contributed by atoms with van der Waals surface area (Å²) in [6.07, 6.45) is 3.46. The topological polar surface area (TPSA) is 90.5 Å². The first-order valence-corrected chi connectivity index (χ1v) is 6.90. The molecule has 8 heteroatoms. The number of imidazole rings is 1. The lowest BCUT2D eigenvalue weighted by Gasteiger charge is -2.18. The molecule has 0 fully saturated rings. The van der Waals surface area contributed by atoms with Gasteiger partial charge < -0.3 is 14.8 Å². The Morgan fingerprint density at radius 1 is 1.45 bits per heavy atom. The molecule has 120 valence electrons. The van der Waals surface area contributed by atoms with E-state index in [1.807, 2.05) is 0 Å². The van der Waals surface area contributed by atoms with Crippen LogP contribution in [0.5, 0.6) is 0 Å². The zero-order valence-corrected chi connectivity index (χ0v) is 13.1. The fourth-order valence-electron chi connectivity index (χ4n) is 2.22. The molecule has 1 aliphatic rings. The van der Waals surface area contributed by atoms with Crippen LogP contribution in [0.15, 0.2) is 12.5 Å². The van der Waals surface area contributed by atoms with Gasteiger partial charge in [0.2, 0.25) is 0 Å². The number of fused-ring (bicyclic) bond motifs is 1. The molecule has 0 unspecified atom stereocenters. The number of carbonyl (C=O) groups is 3. The normalized spacial score (nSPS) is 17.5. The average molecular weight is 310 g/mol. The maximum absolute atomic E-state index is 12.0. The Morgan fingerprint density at radius 2 is 2.14 bits per heavy atom. The number of aromatic nitrogens is 2. The predicted octanol–water partition coefficient (Wildman–Crippen LogP) is -0.227. The van der Waals surface area contributed by atoms with E-state index in [4.69, 9.17) is 4.74 Å². The minimum Gasteiger partial charge on any atom is -0.467 e. The molecule has 1 N–H and O–H groups in total. The molecule has 0 spiro atoms. The van der Waals surface area contributed by atoms with Crippen LogP contribution in [0.3, 0.4) is 0 Å². The van der Waals surface area contributed by atoms with Gasteiger partial charge in [0, 0.05) is 6.42 Å². The molecule has 0 bridgehead atoms. The molecule has 2 heterocycles. The van der Waals surface area contributed by atoms with Gasteiger partial charge in [0.1, 0.15) is 17.8 Å². The van der Waals surface area contributed by atoms with Crippen LogP contribution in [0, 0.1) is 0 Å². The third-order valence-corrected chi connectivity index (χ3v) is 3.04. The first-order valence-electron chi connectivity index (χ1n) is 6.90. The molecule has 22 heavy (non-hydrogen) atoms. The Balaban J connectivity index is 2.12. The van der Waals surface area contributed by atoms with E-state index in [-0.39, 0.29) is 6.54 Å². The summed E-state index contributed by atoms with van der Waals surface area (Å²) in [5, 5.41) is 2.55. The van der Waals surface area contributed by atoms with Crippen molar-refractivity contribution < 1.29 is 28.4 Å². The smallest absolute Gasteiger partial charge is 0.414 e. The molecule has 1 aliphatic heterocycles. The molecule has 1 amide bonds. The molecule has 2 rings (SSSR count). The quantitative estimate of drug-likeness (QED) is 0.615. The third-order valence-electron chi connectivity index (χ3n) is 3.04. The van der Waals surface area contributed by atoms with Crippen molar-refractivity contribution in [1.82, 2.24) is 9.88 Å². The van der Waals surface area contributed by atoms with Gasteiger partial charge in [-0.05, 0) is 20.8 Å². The fourth-order valence-corrected chi connectivity index (χ4v) is 2.22. The second-order valence-corrected chi connectivity index (χ2v) is 6.09. The van der Waals surface area contributed by atoms with Crippen molar-refractivity contribution in [2.45, 2.75) is 45.4 Å². The second-order valence-electron chi connectivity index (χ2n) is 6.09. The van der Waals surface area contributed by atoms with Crippen LogP contribution < -0.4 is 9.88 Å². The Morgan fingerprint density at radius 3 is 2.73 bits per heavy atom. The maximum Gasteiger partial charge on any atom is 0.414 e. The summed E-state index contributed by atoms with van der Waals surface area (Å²) in [5.74, 6) is -0.898. The highest BCUT2D eigenvalue weighted by Gasteiger charge is 2.35.